The fraction of sp³-hybridized carbons (Fsp3) is 0.833. The highest BCUT2D eigenvalue weighted by Crippen LogP contribution is 2.26. The Labute approximate surface area is 70.7 Å². The Bertz CT molecular complexity index is 278. The van der Waals surface area contributed by atoms with Crippen LogP contribution in [0.4, 0.5) is 4.79 Å². The van der Waals surface area contributed by atoms with Crippen molar-refractivity contribution in [3.8, 4) is 0 Å². The molecule has 1 fully saturated rings. The van der Waals surface area contributed by atoms with Gasteiger partial charge < -0.3 is 10.4 Å². The molecule has 0 saturated heterocycles. The number of amides is 1. The second kappa shape index (κ2) is 2.93. The summed E-state index contributed by atoms with van der Waals surface area (Å²) in [7, 11) is -2.97. The number of carbonyl (C=O) groups is 1. The molecule has 0 unspecified atom stereocenters. The van der Waals surface area contributed by atoms with Crippen molar-refractivity contribution in [2.75, 3.05) is 6.26 Å². The third-order valence-electron chi connectivity index (χ3n) is 2.03. The summed E-state index contributed by atoms with van der Waals surface area (Å²) < 4.78 is 21.7. The third-order valence-corrected chi connectivity index (χ3v) is 3.62. The minimum absolute atomic E-state index is 0.178. The smallest absolute Gasteiger partial charge is 0.404 e. The van der Waals surface area contributed by atoms with Gasteiger partial charge in [0.05, 0.1) is 5.25 Å². The Morgan fingerprint density at radius 3 is 2.33 bits per heavy atom. The number of carboxylic acid groups (broad SMARTS) is 1. The molecule has 0 aromatic heterocycles. The van der Waals surface area contributed by atoms with Crippen molar-refractivity contribution in [1.29, 1.82) is 0 Å². The van der Waals surface area contributed by atoms with Gasteiger partial charge in [0, 0.05) is 12.3 Å². The van der Waals surface area contributed by atoms with Crippen LogP contribution in [0.25, 0.3) is 0 Å². The minimum atomic E-state index is -2.97. The van der Waals surface area contributed by atoms with Crippen LogP contribution in [0, 0.1) is 0 Å². The fourth-order valence-corrected chi connectivity index (χ4v) is 2.37. The average Bonchev–Trinajstić information content (AvgIpc) is 1.73. The molecule has 0 aromatic carbocycles. The first-order valence-electron chi connectivity index (χ1n) is 3.58. The van der Waals surface area contributed by atoms with Crippen molar-refractivity contribution < 1.29 is 18.3 Å². The lowest BCUT2D eigenvalue weighted by Crippen LogP contribution is -2.49. The first-order valence-corrected chi connectivity index (χ1v) is 5.53. The highest BCUT2D eigenvalue weighted by Gasteiger charge is 2.36. The van der Waals surface area contributed by atoms with E-state index in [2.05, 4.69) is 5.32 Å². The molecular weight excluding hydrogens is 182 g/mol. The molecule has 0 atom stereocenters. The van der Waals surface area contributed by atoms with Crippen LogP contribution < -0.4 is 5.32 Å². The number of sulfone groups is 1. The molecule has 1 aliphatic carbocycles. The van der Waals surface area contributed by atoms with Gasteiger partial charge >= 0.3 is 6.09 Å². The van der Waals surface area contributed by atoms with E-state index in [-0.39, 0.29) is 11.3 Å². The summed E-state index contributed by atoms with van der Waals surface area (Å²) in [5.74, 6) is 0. The molecule has 6 heteroatoms. The summed E-state index contributed by atoms with van der Waals surface area (Å²) in [4.78, 5) is 10.1. The topological polar surface area (TPSA) is 83.5 Å². The van der Waals surface area contributed by atoms with Crippen LogP contribution in [0.3, 0.4) is 0 Å². The SMILES string of the molecule is CS(=O)(=O)[C@H]1C[C@H](NC(=O)O)C1. The lowest BCUT2D eigenvalue weighted by atomic mass is 9.92. The van der Waals surface area contributed by atoms with Crippen molar-refractivity contribution in [1.82, 2.24) is 5.32 Å². The predicted octanol–water partition coefficient (Wildman–Crippen LogP) is -0.170. The molecule has 5 nitrogen and oxygen atoms in total. The second-order valence-corrected chi connectivity index (χ2v) is 5.40. The molecule has 1 saturated carbocycles. The van der Waals surface area contributed by atoms with E-state index >= 15 is 0 Å². The molecule has 1 amide bonds. The molecule has 0 aromatic rings. The van der Waals surface area contributed by atoms with Crippen LogP contribution in [0.15, 0.2) is 0 Å². The van der Waals surface area contributed by atoms with E-state index in [0.717, 1.165) is 0 Å². The lowest BCUT2D eigenvalue weighted by Gasteiger charge is -2.33. The van der Waals surface area contributed by atoms with Crippen molar-refractivity contribution in [2.24, 2.45) is 0 Å². The Kier molecular flexibility index (Phi) is 2.27. The van der Waals surface area contributed by atoms with Gasteiger partial charge in [0.1, 0.15) is 9.84 Å². The van der Waals surface area contributed by atoms with Crippen molar-refractivity contribution in [2.45, 2.75) is 24.1 Å². The average molecular weight is 193 g/mol. The first kappa shape index (κ1) is 9.31. The predicted molar refractivity (Wildman–Crippen MR) is 42.8 cm³/mol. The molecule has 2 N–H and O–H groups in total. The highest BCUT2D eigenvalue weighted by molar-refractivity contribution is 7.91. The maximum absolute atomic E-state index is 10.9. The largest absolute Gasteiger partial charge is 0.465 e. The van der Waals surface area contributed by atoms with Gasteiger partial charge in [-0.1, -0.05) is 0 Å². The van der Waals surface area contributed by atoms with Crippen molar-refractivity contribution in [3.05, 3.63) is 0 Å². The zero-order valence-electron chi connectivity index (χ0n) is 6.65. The minimum Gasteiger partial charge on any atom is -0.465 e. The Balaban J connectivity index is 2.34. The number of rotatable bonds is 2. The van der Waals surface area contributed by atoms with E-state index in [4.69, 9.17) is 5.11 Å². The number of nitrogens with one attached hydrogen (secondary N) is 1. The van der Waals surface area contributed by atoms with Crippen LogP contribution >= 0.6 is 0 Å². The van der Waals surface area contributed by atoms with Crippen LogP contribution in [-0.2, 0) is 9.84 Å². The van der Waals surface area contributed by atoms with Crippen LogP contribution in [-0.4, -0.2) is 37.2 Å². The maximum Gasteiger partial charge on any atom is 0.404 e. The maximum atomic E-state index is 10.9. The van der Waals surface area contributed by atoms with Crippen LogP contribution in [0.1, 0.15) is 12.8 Å². The Hall–Kier alpha value is -0.780. The number of hydrogen-bond donors (Lipinski definition) is 2. The van der Waals surface area contributed by atoms with Gasteiger partial charge in [0.2, 0.25) is 0 Å². The van der Waals surface area contributed by atoms with E-state index < -0.39 is 15.9 Å². The van der Waals surface area contributed by atoms with E-state index in [1.807, 2.05) is 0 Å². The molecule has 1 aliphatic rings. The van der Waals surface area contributed by atoms with Crippen LogP contribution in [0.5, 0.6) is 0 Å². The van der Waals surface area contributed by atoms with E-state index in [1.165, 1.54) is 6.26 Å². The summed E-state index contributed by atoms with van der Waals surface area (Å²) in [6.07, 6.45) is 0.900. The van der Waals surface area contributed by atoms with Crippen molar-refractivity contribution >= 4 is 15.9 Å². The highest BCUT2D eigenvalue weighted by atomic mass is 32.2. The second-order valence-electron chi connectivity index (χ2n) is 3.07. The molecule has 12 heavy (non-hydrogen) atoms. The van der Waals surface area contributed by atoms with Crippen molar-refractivity contribution in [3.63, 3.8) is 0 Å². The molecule has 0 bridgehead atoms. The van der Waals surface area contributed by atoms with Gasteiger partial charge in [0.25, 0.3) is 0 Å². The van der Waals surface area contributed by atoms with E-state index in [0.29, 0.717) is 12.8 Å². The summed E-state index contributed by atoms with van der Waals surface area (Å²) >= 11 is 0. The third kappa shape index (κ3) is 2.10. The van der Waals surface area contributed by atoms with Gasteiger partial charge in [0.15, 0.2) is 0 Å². The summed E-state index contributed by atoms with van der Waals surface area (Å²) in [6.45, 7) is 0. The monoisotopic (exact) mass is 193 g/mol. The normalized spacial score (nSPS) is 29.1. The van der Waals surface area contributed by atoms with Gasteiger partial charge in [-0.25, -0.2) is 13.2 Å². The molecule has 0 aliphatic heterocycles. The molecule has 1 rings (SSSR count). The Morgan fingerprint density at radius 2 is 2.00 bits per heavy atom. The number of hydrogen-bond acceptors (Lipinski definition) is 3. The summed E-state index contributed by atoms with van der Waals surface area (Å²) in [6, 6.07) is -0.178. The van der Waals surface area contributed by atoms with E-state index in [9.17, 15) is 13.2 Å². The zero-order valence-corrected chi connectivity index (χ0v) is 7.47. The lowest BCUT2D eigenvalue weighted by molar-refractivity contribution is 0.182. The zero-order chi connectivity index (χ0) is 9.35. The molecule has 0 spiro atoms. The van der Waals surface area contributed by atoms with Gasteiger partial charge in [-0.15, -0.1) is 0 Å². The summed E-state index contributed by atoms with van der Waals surface area (Å²) in [5, 5.41) is 10.2. The molecular formula is C6H11NO4S. The van der Waals surface area contributed by atoms with E-state index in [1.54, 1.807) is 0 Å². The summed E-state index contributed by atoms with van der Waals surface area (Å²) in [5.41, 5.74) is 0. The fourth-order valence-electron chi connectivity index (χ4n) is 1.21. The molecule has 0 radical (unpaired) electrons. The van der Waals surface area contributed by atoms with Gasteiger partial charge in [-0.05, 0) is 12.8 Å². The van der Waals surface area contributed by atoms with Gasteiger partial charge in [-0.3, -0.25) is 0 Å². The standard InChI is InChI=1S/C6H11NO4S/c1-12(10,11)5-2-4(3-5)7-6(8)9/h4-5,7H,2-3H2,1H3,(H,8,9)/t4-,5-. The van der Waals surface area contributed by atoms with Gasteiger partial charge in [-0.2, -0.15) is 0 Å². The molecule has 70 valence electrons. The first-order chi connectivity index (χ1) is 5.39. The molecule has 0 heterocycles. The quantitative estimate of drug-likeness (QED) is 0.637. The Morgan fingerprint density at radius 1 is 1.50 bits per heavy atom. The van der Waals surface area contributed by atoms with Crippen LogP contribution in [0.2, 0.25) is 0 Å².